The van der Waals surface area contributed by atoms with Gasteiger partial charge in [-0.15, -0.1) is 0 Å². The van der Waals surface area contributed by atoms with Gasteiger partial charge in [0.25, 0.3) is 0 Å². The van der Waals surface area contributed by atoms with Crippen LogP contribution in [0.5, 0.6) is 0 Å². The number of hydrogen-bond donors (Lipinski definition) is 0. The third-order valence-corrected chi connectivity index (χ3v) is 5.75. The monoisotopic (exact) mass is 295 g/mol. The van der Waals surface area contributed by atoms with E-state index in [-0.39, 0.29) is 4.90 Å². The Bertz CT molecular complexity index is 563. The summed E-state index contributed by atoms with van der Waals surface area (Å²) in [5.74, 6) is 0.365. The third kappa shape index (κ3) is 2.94. The van der Waals surface area contributed by atoms with Crippen LogP contribution in [0.15, 0.2) is 29.2 Å². The van der Waals surface area contributed by atoms with Crippen molar-refractivity contribution in [2.24, 2.45) is 0 Å². The van der Waals surface area contributed by atoms with Gasteiger partial charge in [0.15, 0.2) is 0 Å². The molecule has 0 N–H and O–H groups in total. The highest BCUT2D eigenvalue weighted by Gasteiger charge is 2.33. The quantitative estimate of drug-likeness (QED) is 0.802. The van der Waals surface area contributed by atoms with E-state index in [0.29, 0.717) is 18.9 Å². The molecular formula is C15H21NO3S. The number of rotatable bonds is 4. The molecule has 1 unspecified atom stereocenters. The SMILES string of the molecule is CC(C)c1ccc(S(=O)(=O)N2CCCCC2C=O)cc1. The van der Waals surface area contributed by atoms with Crippen molar-refractivity contribution < 1.29 is 13.2 Å². The summed E-state index contributed by atoms with van der Waals surface area (Å²) in [5.41, 5.74) is 1.11. The Morgan fingerprint density at radius 2 is 1.85 bits per heavy atom. The fourth-order valence-corrected chi connectivity index (χ4v) is 4.16. The predicted molar refractivity (Wildman–Crippen MR) is 78.1 cm³/mol. The molecule has 0 saturated carbocycles. The molecule has 1 saturated heterocycles. The molecule has 0 spiro atoms. The molecule has 1 aromatic carbocycles. The minimum Gasteiger partial charge on any atom is -0.302 e. The average molecular weight is 295 g/mol. The predicted octanol–water partition coefficient (Wildman–Crippen LogP) is 2.55. The van der Waals surface area contributed by atoms with E-state index in [1.807, 2.05) is 12.1 Å². The molecule has 20 heavy (non-hydrogen) atoms. The minimum absolute atomic E-state index is 0.274. The molecule has 2 rings (SSSR count). The van der Waals surface area contributed by atoms with E-state index in [2.05, 4.69) is 13.8 Å². The van der Waals surface area contributed by atoms with Crippen LogP contribution in [-0.2, 0) is 14.8 Å². The van der Waals surface area contributed by atoms with E-state index in [1.165, 1.54) is 4.31 Å². The number of carbonyl (C=O) groups is 1. The minimum atomic E-state index is -3.56. The number of piperidine rings is 1. The first-order valence-electron chi connectivity index (χ1n) is 7.04. The van der Waals surface area contributed by atoms with Gasteiger partial charge in [0.05, 0.1) is 10.9 Å². The lowest BCUT2D eigenvalue weighted by Gasteiger charge is -2.31. The molecule has 0 aliphatic carbocycles. The highest BCUT2D eigenvalue weighted by molar-refractivity contribution is 7.89. The molecule has 110 valence electrons. The Morgan fingerprint density at radius 1 is 1.20 bits per heavy atom. The molecule has 1 aliphatic rings. The van der Waals surface area contributed by atoms with Gasteiger partial charge in [-0.05, 0) is 36.5 Å². The molecule has 1 aromatic rings. The summed E-state index contributed by atoms with van der Waals surface area (Å²) in [6.45, 7) is 4.56. The highest BCUT2D eigenvalue weighted by Crippen LogP contribution is 2.25. The molecule has 1 atom stereocenters. The topological polar surface area (TPSA) is 54.5 Å². The smallest absolute Gasteiger partial charge is 0.243 e. The average Bonchev–Trinajstić information content (AvgIpc) is 2.47. The van der Waals surface area contributed by atoms with Crippen LogP contribution in [0.4, 0.5) is 0 Å². The summed E-state index contributed by atoms with van der Waals surface area (Å²) in [6.07, 6.45) is 3.08. The van der Waals surface area contributed by atoms with Gasteiger partial charge in [0.2, 0.25) is 10.0 Å². The van der Waals surface area contributed by atoms with Crippen LogP contribution in [0, 0.1) is 0 Å². The van der Waals surface area contributed by atoms with E-state index in [1.54, 1.807) is 12.1 Å². The second kappa shape index (κ2) is 6.06. The van der Waals surface area contributed by atoms with Crippen molar-refractivity contribution in [2.75, 3.05) is 6.54 Å². The van der Waals surface area contributed by atoms with Gasteiger partial charge in [-0.2, -0.15) is 4.31 Å². The lowest BCUT2D eigenvalue weighted by molar-refractivity contribution is -0.111. The Balaban J connectivity index is 2.31. The van der Waals surface area contributed by atoms with Crippen LogP contribution in [0.3, 0.4) is 0 Å². The zero-order valence-corrected chi connectivity index (χ0v) is 12.8. The highest BCUT2D eigenvalue weighted by atomic mass is 32.2. The van der Waals surface area contributed by atoms with Crippen molar-refractivity contribution in [3.05, 3.63) is 29.8 Å². The van der Waals surface area contributed by atoms with Gasteiger partial charge in [-0.3, -0.25) is 0 Å². The summed E-state index contributed by atoms with van der Waals surface area (Å²) in [5, 5.41) is 0. The van der Waals surface area contributed by atoms with Gasteiger partial charge < -0.3 is 4.79 Å². The Labute approximate surface area is 120 Å². The molecule has 0 bridgehead atoms. The van der Waals surface area contributed by atoms with Crippen LogP contribution >= 0.6 is 0 Å². The molecule has 1 aliphatic heterocycles. The number of carbonyl (C=O) groups excluding carboxylic acids is 1. The Morgan fingerprint density at radius 3 is 2.40 bits per heavy atom. The maximum absolute atomic E-state index is 12.6. The van der Waals surface area contributed by atoms with Crippen molar-refractivity contribution in [2.45, 2.75) is 50.0 Å². The summed E-state index contributed by atoms with van der Waals surface area (Å²) in [7, 11) is -3.56. The molecule has 4 nitrogen and oxygen atoms in total. The fraction of sp³-hybridized carbons (Fsp3) is 0.533. The standard InChI is InChI=1S/C15H21NO3S/c1-12(2)13-6-8-15(9-7-13)20(18,19)16-10-4-3-5-14(16)11-17/h6-9,11-12,14H,3-5,10H2,1-2H3. The number of benzene rings is 1. The third-order valence-electron chi connectivity index (χ3n) is 3.81. The van der Waals surface area contributed by atoms with E-state index in [0.717, 1.165) is 24.7 Å². The lowest BCUT2D eigenvalue weighted by atomic mass is 10.0. The number of nitrogens with zero attached hydrogens (tertiary/aromatic N) is 1. The van der Waals surface area contributed by atoms with E-state index < -0.39 is 16.1 Å². The van der Waals surface area contributed by atoms with Crippen molar-refractivity contribution >= 4 is 16.3 Å². The van der Waals surface area contributed by atoms with Crippen LogP contribution in [0.25, 0.3) is 0 Å². The Kier molecular flexibility index (Phi) is 4.60. The second-order valence-corrected chi connectivity index (χ2v) is 7.43. The lowest BCUT2D eigenvalue weighted by Crippen LogP contribution is -2.44. The summed E-state index contributed by atoms with van der Waals surface area (Å²) in [4.78, 5) is 11.4. The molecule has 1 heterocycles. The van der Waals surface area contributed by atoms with Gasteiger partial charge in [0.1, 0.15) is 6.29 Å². The maximum Gasteiger partial charge on any atom is 0.243 e. The Hall–Kier alpha value is -1.20. The normalized spacial score (nSPS) is 21.1. The second-order valence-electron chi connectivity index (χ2n) is 5.54. The first-order valence-corrected chi connectivity index (χ1v) is 8.48. The zero-order valence-electron chi connectivity index (χ0n) is 12.0. The number of sulfonamides is 1. The molecule has 1 fully saturated rings. The van der Waals surface area contributed by atoms with Crippen molar-refractivity contribution in [3.63, 3.8) is 0 Å². The first kappa shape index (κ1) is 15.2. The first-order chi connectivity index (χ1) is 9.46. The summed E-state index contributed by atoms with van der Waals surface area (Å²) < 4.78 is 26.6. The molecule has 0 aromatic heterocycles. The number of aldehydes is 1. The van der Waals surface area contributed by atoms with E-state index >= 15 is 0 Å². The maximum atomic E-state index is 12.6. The van der Waals surface area contributed by atoms with Gasteiger partial charge in [-0.25, -0.2) is 8.42 Å². The zero-order chi connectivity index (χ0) is 14.8. The van der Waals surface area contributed by atoms with E-state index in [4.69, 9.17) is 0 Å². The number of hydrogen-bond acceptors (Lipinski definition) is 3. The molecule has 0 amide bonds. The molecule has 5 heteroatoms. The van der Waals surface area contributed by atoms with Gasteiger partial charge >= 0.3 is 0 Å². The van der Waals surface area contributed by atoms with Crippen molar-refractivity contribution in [1.29, 1.82) is 0 Å². The molecular weight excluding hydrogens is 274 g/mol. The largest absolute Gasteiger partial charge is 0.302 e. The van der Waals surface area contributed by atoms with E-state index in [9.17, 15) is 13.2 Å². The van der Waals surface area contributed by atoms with Crippen LogP contribution in [0.1, 0.15) is 44.6 Å². The van der Waals surface area contributed by atoms with Crippen LogP contribution in [0.2, 0.25) is 0 Å². The van der Waals surface area contributed by atoms with Gasteiger partial charge in [0, 0.05) is 6.54 Å². The van der Waals surface area contributed by atoms with Crippen molar-refractivity contribution in [3.8, 4) is 0 Å². The van der Waals surface area contributed by atoms with Crippen molar-refractivity contribution in [1.82, 2.24) is 4.31 Å². The van der Waals surface area contributed by atoms with Gasteiger partial charge in [-0.1, -0.05) is 32.4 Å². The van der Waals surface area contributed by atoms with Crippen LogP contribution < -0.4 is 0 Å². The summed E-state index contributed by atoms with van der Waals surface area (Å²) >= 11 is 0. The summed E-state index contributed by atoms with van der Waals surface area (Å²) in [6, 6.07) is 6.45. The fourth-order valence-electron chi connectivity index (χ4n) is 2.53. The van der Waals surface area contributed by atoms with Crippen LogP contribution in [-0.4, -0.2) is 31.6 Å². The molecule has 0 radical (unpaired) electrons.